The first kappa shape index (κ1) is 18.5. The van der Waals surface area contributed by atoms with E-state index in [1.54, 1.807) is 6.20 Å². The van der Waals surface area contributed by atoms with E-state index in [1.165, 1.54) is 11.3 Å². The van der Waals surface area contributed by atoms with Gasteiger partial charge in [-0.2, -0.15) is 0 Å². The van der Waals surface area contributed by atoms with Crippen molar-refractivity contribution in [2.24, 2.45) is 5.41 Å². The lowest BCUT2D eigenvalue weighted by atomic mass is 9.86. The van der Waals surface area contributed by atoms with E-state index in [-0.39, 0.29) is 17.4 Å². The normalized spacial score (nSPS) is 13.1. The summed E-state index contributed by atoms with van der Waals surface area (Å²) in [7, 11) is 3.98. The average Bonchev–Trinajstić information content (AvgIpc) is 2.94. The highest BCUT2D eigenvalue weighted by Crippen LogP contribution is 2.29. The molecule has 2 aromatic heterocycles. The predicted molar refractivity (Wildman–Crippen MR) is 98.0 cm³/mol. The zero-order chi connectivity index (χ0) is 17.7. The second-order valence-corrected chi connectivity index (χ2v) is 8.38. The minimum Gasteiger partial charge on any atom is -0.344 e. The van der Waals surface area contributed by atoms with Gasteiger partial charge >= 0.3 is 0 Å². The predicted octanol–water partition coefficient (Wildman–Crippen LogP) is 3.51. The van der Waals surface area contributed by atoms with E-state index in [0.717, 1.165) is 23.5 Å². The van der Waals surface area contributed by atoms with Crippen molar-refractivity contribution in [2.45, 2.75) is 39.8 Å². The summed E-state index contributed by atoms with van der Waals surface area (Å²) >= 11 is 1.52. The van der Waals surface area contributed by atoms with Gasteiger partial charge in [-0.3, -0.25) is 9.78 Å². The minimum atomic E-state index is -0.130. The van der Waals surface area contributed by atoms with Crippen LogP contribution in [0, 0.1) is 5.41 Å². The molecule has 1 amide bonds. The number of pyridine rings is 1. The van der Waals surface area contributed by atoms with E-state index in [1.807, 2.05) is 42.7 Å². The van der Waals surface area contributed by atoms with Crippen molar-refractivity contribution < 1.29 is 4.79 Å². The van der Waals surface area contributed by atoms with Gasteiger partial charge in [0.1, 0.15) is 10.7 Å². The molecule has 5 nitrogen and oxygen atoms in total. The van der Waals surface area contributed by atoms with Crippen LogP contribution >= 0.6 is 11.3 Å². The van der Waals surface area contributed by atoms with E-state index in [9.17, 15) is 4.79 Å². The highest BCUT2D eigenvalue weighted by molar-refractivity contribution is 7.09. The summed E-state index contributed by atoms with van der Waals surface area (Å²) in [6, 6.07) is 3.82. The Balaban J connectivity index is 2.13. The Labute approximate surface area is 148 Å². The van der Waals surface area contributed by atoms with Crippen LogP contribution in [0.15, 0.2) is 29.9 Å². The number of amides is 1. The van der Waals surface area contributed by atoms with E-state index in [0.29, 0.717) is 5.69 Å². The molecule has 0 saturated heterocycles. The molecule has 1 atom stereocenters. The van der Waals surface area contributed by atoms with Crippen LogP contribution in [0.3, 0.4) is 0 Å². The fourth-order valence-electron chi connectivity index (χ4n) is 2.44. The van der Waals surface area contributed by atoms with Gasteiger partial charge in [0.25, 0.3) is 5.91 Å². The first-order valence-electron chi connectivity index (χ1n) is 8.04. The standard InChI is InChI=1S/C18H26N4OS/c1-18(2,3)9-14(13-7-6-8-19-10-13)21-17(23)15-12-24-16(20-15)11-22(4)5/h6-8,10,12,14H,9,11H2,1-5H3,(H,21,23)/t14-/m1/s1. The molecule has 0 bridgehead atoms. The quantitative estimate of drug-likeness (QED) is 0.869. The summed E-state index contributed by atoms with van der Waals surface area (Å²) in [5.41, 5.74) is 1.59. The van der Waals surface area contributed by atoms with Gasteiger partial charge in [-0.25, -0.2) is 4.98 Å². The molecule has 6 heteroatoms. The second kappa shape index (κ2) is 7.85. The summed E-state index contributed by atoms with van der Waals surface area (Å²) in [5, 5.41) is 5.89. The molecule has 1 N–H and O–H groups in total. The lowest BCUT2D eigenvalue weighted by molar-refractivity contribution is 0.0921. The third-order valence-electron chi connectivity index (χ3n) is 3.44. The van der Waals surface area contributed by atoms with Crippen molar-refractivity contribution in [2.75, 3.05) is 14.1 Å². The maximum Gasteiger partial charge on any atom is 0.271 e. The Bertz CT molecular complexity index is 661. The van der Waals surface area contributed by atoms with Crippen LogP contribution in [-0.4, -0.2) is 34.9 Å². The summed E-state index contributed by atoms with van der Waals surface area (Å²) in [5.74, 6) is -0.130. The zero-order valence-electron chi connectivity index (χ0n) is 15.0. The second-order valence-electron chi connectivity index (χ2n) is 7.44. The monoisotopic (exact) mass is 346 g/mol. The number of rotatable bonds is 6. The Hall–Kier alpha value is -1.79. The number of nitrogens with zero attached hydrogens (tertiary/aromatic N) is 3. The number of thiazole rings is 1. The Morgan fingerprint density at radius 2 is 2.12 bits per heavy atom. The van der Waals surface area contributed by atoms with Crippen molar-refractivity contribution in [3.05, 3.63) is 46.2 Å². The number of carbonyl (C=O) groups is 1. The highest BCUT2D eigenvalue weighted by atomic mass is 32.1. The third kappa shape index (κ3) is 5.69. The summed E-state index contributed by atoms with van der Waals surface area (Å²) in [6.45, 7) is 7.24. The number of aromatic nitrogens is 2. The molecule has 0 aromatic carbocycles. The maximum atomic E-state index is 12.6. The Morgan fingerprint density at radius 1 is 1.38 bits per heavy atom. The van der Waals surface area contributed by atoms with Crippen LogP contribution in [0.5, 0.6) is 0 Å². The molecule has 0 saturated carbocycles. The first-order chi connectivity index (χ1) is 11.2. The molecule has 0 aliphatic carbocycles. The van der Waals surface area contributed by atoms with Crippen LogP contribution in [0.4, 0.5) is 0 Å². The molecule has 0 spiro atoms. The Morgan fingerprint density at radius 3 is 2.71 bits per heavy atom. The van der Waals surface area contributed by atoms with Crippen LogP contribution in [0.1, 0.15) is 54.3 Å². The topological polar surface area (TPSA) is 58.1 Å². The minimum absolute atomic E-state index is 0.0785. The number of hydrogen-bond donors (Lipinski definition) is 1. The van der Waals surface area contributed by atoms with Gasteiger partial charge < -0.3 is 10.2 Å². The van der Waals surface area contributed by atoms with Crippen molar-refractivity contribution in [1.29, 1.82) is 0 Å². The van der Waals surface area contributed by atoms with Gasteiger partial charge in [0, 0.05) is 24.3 Å². The molecule has 0 aliphatic rings. The third-order valence-corrected chi connectivity index (χ3v) is 4.28. The van der Waals surface area contributed by atoms with E-state index < -0.39 is 0 Å². The van der Waals surface area contributed by atoms with Gasteiger partial charge in [0.2, 0.25) is 0 Å². The van der Waals surface area contributed by atoms with Gasteiger partial charge in [0.05, 0.1) is 6.04 Å². The molecule has 2 heterocycles. The van der Waals surface area contributed by atoms with Crippen molar-refractivity contribution >= 4 is 17.2 Å². The fourth-order valence-corrected chi connectivity index (χ4v) is 3.33. The lowest BCUT2D eigenvalue weighted by Gasteiger charge is -2.26. The van der Waals surface area contributed by atoms with Crippen LogP contribution in [-0.2, 0) is 6.54 Å². The smallest absolute Gasteiger partial charge is 0.271 e. The molecular formula is C18H26N4OS. The van der Waals surface area contributed by atoms with Crippen LogP contribution < -0.4 is 5.32 Å². The average molecular weight is 346 g/mol. The van der Waals surface area contributed by atoms with Crippen LogP contribution in [0.25, 0.3) is 0 Å². The maximum absolute atomic E-state index is 12.6. The largest absolute Gasteiger partial charge is 0.344 e. The molecule has 0 aliphatic heterocycles. The SMILES string of the molecule is CN(C)Cc1nc(C(=O)N[C@H](CC(C)(C)C)c2cccnc2)cs1. The highest BCUT2D eigenvalue weighted by Gasteiger charge is 2.23. The summed E-state index contributed by atoms with van der Waals surface area (Å²) in [4.78, 5) is 23.3. The number of carbonyl (C=O) groups excluding carboxylic acids is 1. The fraction of sp³-hybridized carbons (Fsp3) is 0.500. The molecule has 0 fully saturated rings. The number of nitrogens with one attached hydrogen (secondary N) is 1. The molecular weight excluding hydrogens is 320 g/mol. The van der Waals surface area contributed by atoms with Gasteiger partial charge in [-0.15, -0.1) is 11.3 Å². The molecule has 2 rings (SSSR count). The van der Waals surface area contributed by atoms with E-state index in [2.05, 4.69) is 36.1 Å². The number of hydrogen-bond acceptors (Lipinski definition) is 5. The summed E-state index contributed by atoms with van der Waals surface area (Å²) < 4.78 is 0. The Kier molecular flexibility index (Phi) is 6.07. The molecule has 0 radical (unpaired) electrons. The molecule has 0 unspecified atom stereocenters. The van der Waals surface area contributed by atoms with E-state index in [4.69, 9.17) is 0 Å². The van der Waals surface area contributed by atoms with E-state index >= 15 is 0 Å². The molecule has 130 valence electrons. The van der Waals surface area contributed by atoms with Crippen molar-refractivity contribution in [3.63, 3.8) is 0 Å². The molecule has 24 heavy (non-hydrogen) atoms. The first-order valence-corrected chi connectivity index (χ1v) is 8.92. The van der Waals surface area contributed by atoms with Crippen LogP contribution in [0.2, 0.25) is 0 Å². The van der Waals surface area contributed by atoms with Crippen molar-refractivity contribution in [3.8, 4) is 0 Å². The van der Waals surface area contributed by atoms with Gasteiger partial charge in [-0.05, 0) is 37.6 Å². The molecule has 2 aromatic rings. The lowest BCUT2D eigenvalue weighted by Crippen LogP contribution is -2.31. The van der Waals surface area contributed by atoms with Gasteiger partial charge in [-0.1, -0.05) is 26.8 Å². The van der Waals surface area contributed by atoms with Crippen molar-refractivity contribution in [1.82, 2.24) is 20.2 Å². The zero-order valence-corrected chi connectivity index (χ0v) is 15.9. The summed E-state index contributed by atoms with van der Waals surface area (Å²) in [6.07, 6.45) is 4.39. The van der Waals surface area contributed by atoms with Gasteiger partial charge in [0.15, 0.2) is 0 Å².